The molecular weight excluding hydrogens is 426 g/mol. The summed E-state index contributed by atoms with van der Waals surface area (Å²) in [7, 11) is 1.13. The molecule has 0 aliphatic carbocycles. The number of hydrogen-bond acceptors (Lipinski definition) is 9. The average Bonchev–Trinajstić information content (AvgIpc) is 3.18. The van der Waals surface area contributed by atoms with Crippen molar-refractivity contribution in [2.45, 2.75) is 19.4 Å². The number of nitro groups is 1. The minimum Gasteiger partial charge on any atom is -0.466 e. The third-order valence-electron chi connectivity index (χ3n) is 4.47. The quantitative estimate of drug-likeness (QED) is 0.259. The lowest BCUT2D eigenvalue weighted by molar-refractivity contribution is -0.384. The van der Waals surface area contributed by atoms with Crippen LogP contribution in [0.3, 0.4) is 0 Å². The van der Waals surface area contributed by atoms with Crippen LogP contribution in [0.15, 0.2) is 42.6 Å². The molecule has 3 rings (SSSR count). The molecule has 32 heavy (non-hydrogen) atoms. The van der Waals surface area contributed by atoms with E-state index in [1.165, 1.54) is 18.3 Å². The number of methoxy groups -OCH3 is 1. The van der Waals surface area contributed by atoms with Crippen molar-refractivity contribution in [3.05, 3.63) is 63.8 Å². The molecule has 0 fully saturated rings. The SMILES string of the molecule is COC(=O)C(Cc1cc(C)c2c(cnn2C(=O)O)c1)OC(=O)Oc1ccc([N+](=O)[O-])cc1. The van der Waals surface area contributed by atoms with Crippen molar-refractivity contribution in [1.82, 2.24) is 9.78 Å². The number of carbonyl (C=O) groups is 3. The predicted molar refractivity (Wildman–Crippen MR) is 108 cm³/mol. The molecule has 2 aromatic carbocycles. The smallest absolute Gasteiger partial charge is 0.466 e. The van der Waals surface area contributed by atoms with Gasteiger partial charge in [0, 0.05) is 23.9 Å². The summed E-state index contributed by atoms with van der Waals surface area (Å²) in [4.78, 5) is 45.7. The lowest BCUT2D eigenvalue weighted by Gasteiger charge is -2.16. The van der Waals surface area contributed by atoms with E-state index in [0.717, 1.165) is 23.9 Å². The topological polar surface area (TPSA) is 160 Å². The van der Waals surface area contributed by atoms with Crippen molar-refractivity contribution >= 4 is 34.8 Å². The fraction of sp³-hybridized carbons (Fsp3) is 0.200. The first-order chi connectivity index (χ1) is 15.2. The molecule has 12 nitrogen and oxygen atoms in total. The zero-order valence-corrected chi connectivity index (χ0v) is 16.9. The van der Waals surface area contributed by atoms with E-state index in [9.17, 15) is 29.6 Å². The van der Waals surface area contributed by atoms with Crippen LogP contribution in [0.2, 0.25) is 0 Å². The molecule has 12 heteroatoms. The summed E-state index contributed by atoms with van der Waals surface area (Å²) in [5.74, 6) is -0.841. The first kappa shape index (κ1) is 22.2. The van der Waals surface area contributed by atoms with Crippen LogP contribution in [0.25, 0.3) is 10.9 Å². The Kier molecular flexibility index (Phi) is 6.33. The number of aryl methyl sites for hydroxylation is 1. The number of esters is 1. The van der Waals surface area contributed by atoms with Crippen LogP contribution < -0.4 is 4.74 Å². The molecule has 0 saturated carbocycles. The minimum absolute atomic E-state index is 0.0115. The van der Waals surface area contributed by atoms with Crippen LogP contribution in [0, 0.1) is 17.0 Å². The fourth-order valence-corrected chi connectivity index (χ4v) is 3.10. The lowest BCUT2D eigenvalue weighted by atomic mass is 10.0. The summed E-state index contributed by atoms with van der Waals surface area (Å²) in [6.07, 6.45) is -2.49. The maximum absolute atomic E-state index is 12.1. The Balaban J connectivity index is 1.76. The normalized spacial score (nSPS) is 11.6. The number of carbonyl (C=O) groups excluding carboxylic acids is 2. The molecular formula is C20H17N3O9. The average molecular weight is 443 g/mol. The molecule has 3 aromatic rings. The third-order valence-corrected chi connectivity index (χ3v) is 4.47. The van der Waals surface area contributed by atoms with E-state index in [0.29, 0.717) is 22.0 Å². The van der Waals surface area contributed by atoms with Crippen molar-refractivity contribution in [3.8, 4) is 5.75 Å². The first-order valence-corrected chi connectivity index (χ1v) is 9.11. The largest absolute Gasteiger partial charge is 0.514 e. The molecule has 0 spiro atoms. The molecule has 1 aromatic heterocycles. The highest BCUT2D eigenvalue weighted by atomic mass is 16.7. The van der Waals surface area contributed by atoms with Gasteiger partial charge in [0.15, 0.2) is 0 Å². The monoisotopic (exact) mass is 443 g/mol. The second-order valence-electron chi connectivity index (χ2n) is 6.63. The summed E-state index contributed by atoms with van der Waals surface area (Å²) >= 11 is 0. The number of nitro benzene ring substituents is 1. The van der Waals surface area contributed by atoms with Gasteiger partial charge in [0.25, 0.3) is 5.69 Å². The molecule has 1 atom stereocenters. The molecule has 1 N–H and O–H groups in total. The standard InChI is InChI=1S/C20H17N3O9/c1-11-7-12(8-13-10-21-22(17(11)13)19(25)26)9-16(18(24)30-2)32-20(27)31-15-5-3-14(4-6-15)23(28)29/h3-8,10,16H,9H2,1-2H3,(H,25,26). The van der Waals surface area contributed by atoms with Gasteiger partial charge in [0.2, 0.25) is 6.10 Å². The summed E-state index contributed by atoms with van der Waals surface area (Å²) in [5, 5.41) is 24.2. The van der Waals surface area contributed by atoms with Gasteiger partial charge in [-0.15, -0.1) is 0 Å². The Morgan fingerprint density at radius 3 is 2.50 bits per heavy atom. The Hall–Kier alpha value is -4.48. The molecule has 1 unspecified atom stereocenters. The second-order valence-corrected chi connectivity index (χ2v) is 6.63. The van der Waals surface area contributed by atoms with Gasteiger partial charge in [0.1, 0.15) is 5.75 Å². The van der Waals surface area contributed by atoms with Gasteiger partial charge in [0.05, 0.1) is 23.7 Å². The Morgan fingerprint density at radius 1 is 1.22 bits per heavy atom. The first-order valence-electron chi connectivity index (χ1n) is 9.11. The Labute approximate surface area is 180 Å². The molecule has 1 heterocycles. The maximum Gasteiger partial charge on any atom is 0.514 e. The number of nitrogens with zero attached hydrogens (tertiary/aromatic N) is 3. The summed E-state index contributed by atoms with van der Waals surface area (Å²) in [5.41, 5.74) is 1.37. The Morgan fingerprint density at radius 2 is 1.91 bits per heavy atom. The van der Waals surface area contributed by atoms with Gasteiger partial charge in [-0.2, -0.15) is 9.78 Å². The van der Waals surface area contributed by atoms with Crippen LogP contribution >= 0.6 is 0 Å². The number of aromatic nitrogens is 2. The van der Waals surface area contributed by atoms with E-state index in [1.54, 1.807) is 19.1 Å². The number of fused-ring (bicyclic) bond motifs is 1. The molecule has 0 amide bonds. The Bertz CT molecular complexity index is 1200. The molecule has 0 bridgehead atoms. The number of benzene rings is 2. The highest BCUT2D eigenvalue weighted by Gasteiger charge is 2.26. The van der Waals surface area contributed by atoms with Crippen molar-refractivity contribution < 1.29 is 38.6 Å². The second kappa shape index (κ2) is 9.12. The minimum atomic E-state index is -1.35. The fourth-order valence-electron chi connectivity index (χ4n) is 3.10. The van der Waals surface area contributed by atoms with Gasteiger partial charge in [-0.1, -0.05) is 6.07 Å². The van der Waals surface area contributed by atoms with Gasteiger partial charge in [-0.3, -0.25) is 10.1 Å². The highest BCUT2D eigenvalue weighted by Crippen LogP contribution is 2.23. The van der Waals surface area contributed by atoms with Crippen LogP contribution in [0.4, 0.5) is 15.3 Å². The van der Waals surface area contributed by atoms with Crippen LogP contribution in [0.1, 0.15) is 11.1 Å². The summed E-state index contributed by atoms with van der Waals surface area (Å²) in [6, 6.07) is 7.99. The van der Waals surface area contributed by atoms with Crippen molar-refractivity contribution in [3.63, 3.8) is 0 Å². The number of ether oxygens (including phenoxy) is 3. The van der Waals surface area contributed by atoms with Crippen molar-refractivity contribution in [1.29, 1.82) is 0 Å². The maximum atomic E-state index is 12.1. The van der Waals surface area contributed by atoms with Crippen molar-refractivity contribution in [2.24, 2.45) is 0 Å². The number of rotatable bonds is 6. The van der Waals surface area contributed by atoms with E-state index in [4.69, 9.17) is 14.2 Å². The van der Waals surface area contributed by atoms with Crippen LogP contribution in [0.5, 0.6) is 5.75 Å². The molecule has 0 radical (unpaired) electrons. The van der Waals surface area contributed by atoms with Crippen LogP contribution in [-0.4, -0.2) is 51.2 Å². The van der Waals surface area contributed by atoms with E-state index in [2.05, 4.69) is 5.10 Å². The van der Waals surface area contributed by atoms with Crippen molar-refractivity contribution in [2.75, 3.05) is 7.11 Å². The van der Waals surface area contributed by atoms with Crippen LogP contribution in [-0.2, 0) is 20.7 Å². The number of hydrogen-bond donors (Lipinski definition) is 1. The zero-order valence-electron chi connectivity index (χ0n) is 16.9. The third kappa shape index (κ3) is 4.80. The lowest BCUT2D eigenvalue weighted by Crippen LogP contribution is -2.31. The van der Waals surface area contributed by atoms with Gasteiger partial charge < -0.3 is 19.3 Å². The summed E-state index contributed by atoms with van der Waals surface area (Å²) < 4.78 is 15.6. The molecule has 0 saturated heterocycles. The van der Waals surface area contributed by atoms with E-state index in [-0.39, 0.29) is 17.9 Å². The highest BCUT2D eigenvalue weighted by molar-refractivity contribution is 5.90. The molecule has 0 aliphatic heterocycles. The van der Waals surface area contributed by atoms with Gasteiger partial charge >= 0.3 is 18.2 Å². The van der Waals surface area contributed by atoms with E-state index < -0.39 is 29.2 Å². The number of non-ortho nitro benzene ring substituents is 1. The van der Waals surface area contributed by atoms with E-state index in [1.807, 2.05) is 0 Å². The molecule has 0 aliphatic rings. The van der Waals surface area contributed by atoms with E-state index >= 15 is 0 Å². The number of carboxylic acid groups (broad SMARTS) is 1. The van der Waals surface area contributed by atoms with Gasteiger partial charge in [-0.05, 0) is 36.2 Å². The summed E-state index contributed by atoms with van der Waals surface area (Å²) in [6.45, 7) is 1.68. The zero-order chi connectivity index (χ0) is 23.4. The predicted octanol–water partition coefficient (Wildman–Crippen LogP) is 3.08. The molecule has 166 valence electrons. The van der Waals surface area contributed by atoms with Gasteiger partial charge in [-0.25, -0.2) is 14.4 Å².